The summed E-state index contributed by atoms with van der Waals surface area (Å²) in [5.41, 5.74) is 0. The second-order valence-corrected chi connectivity index (χ2v) is 6.96. The van der Waals surface area contributed by atoms with Gasteiger partial charge in [0.1, 0.15) is 11.6 Å². The zero-order chi connectivity index (χ0) is 15.7. The van der Waals surface area contributed by atoms with Crippen LogP contribution in [0.25, 0.3) is 0 Å². The molecule has 1 saturated heterocycles. The topological polar surface area (TPSA) is 49.3 Å². The van der Waals surface area contributed by atoms with Gasteiger partial charge in [0.15, 0.2) is 0 Å². The van der Waals surface area contributed by atoms with Crippen molar-refractivity contribution in [2.75, 3.05) is 24.5 Å². The molecule has 1 aliphatic heterocycles. The number of carbonyl (C=O) groups excluding carboxylic acids is 1. The van der Waals surface area contributed by atoms with Gasteiger partial charge in [-0.05, 0) is 37.7 Å². The van der Waals surface area contributed by atoms with Crippen molar-refractivity contribution in [2.45, 2.75) is 46.1 Å². The first-order chi connectivity index (χ1) is 10.5. The molecular weight excluding hydrogens is 276 g/mol. The Morgan fingerprint density at radius 1 is 1.36 bits per heavy atom. The maximum Gasteiger partial charge on any atom is 0.224 e. The van der Waals surface area contributed by atoms with Gasteiger partial charge in [-0.2, -0.15) is 0 Å². The summed E-state index contributed by atoms with van der Waals surface area (Å²) in [7, 11) is 0. The van der Waals surface area contributed by atoms with E-state index < -0.39 is 0 Å². The highest BCUT2D eigenvalue weighted by molar-refractivity contribution is 5.78. The molecule has 0 bridgehead atoms. The van der Waals surface area contributed by atoms with Crippen LogP contribution in [0.5, 0.6) is 0 Å². The van der Waals surface area contributed by atoms with E-state index in [1.165, 1.54) is 12.8 Å². The van der Waals surface area contributed by atoms with Gasteiger partial charge >= 0.3 is 0 Å². The van der Waals surface area contributed by atoms with Crippen molar-refractivity contribution in [2.24, 2.45) is 11.8 Å². The third-order valence-electron chi connectivity index (χ3n) is 4.73. The van der Waals surface area contributed by atoms with Gasteiger partial charge in [-0.1, -0.05) is 13.8 Å². The van der Waals surface area contributed by atoms with E-state index in [1.54, 1.807) is 6.20 Å². The van der Waals surface area contributed by atoms with Crippen LogP contribution in [0.15, 0.2) is 12.3 Å². The van der Waals surface area contributed by atoms with E-state index in [4.69, 9.17) is 0 Å². The molecule has 1 atom stereocenters. The number of rotatable bonds is 4. The molecule has 0 aromatic carbocycles. The summed E-state index contributed by atoms with van der Waals surface area (Å²) in [6.07, 6.45) is 4.95. The summed E-state index contributed by atoms with van der Waals surface area (Å²) < 4.78 is 0. The smallest absolute Gasteiger partial charge is 0.224 e. The minimum Gasteiger partial charge on any atom is -0.354 e. The van der Waals surface area contributed by atoms with Crippen LogP contribution in [0.3, 0.4) is 0 Å². The number of aromatic nitrogens is 2. The minimum absolute atomic E-state index is 0.269. The Labute approximate surface area is 132 Å². The van der Waals surface area contributed by atoms with E-state index >= 15 is 0 Å². The number of aryl methyl sites for hydroxylation is 1. The SMILES string of the molecule is Cc1nccc(N2CCC(=O)N(CC3CC3)C(C(C)C)C2)n1. The summed E-state index contributed by atoms with van der Waals surface area (Å²) in [6, 6.07) is 2.22. The van der Waals surface area contributed by atoms with Gasteiger partial charge in [-0.15, -0.1) is 0 Å². The van der Waals surface area contributed by atoms with Gasteiger partial charge < -0.3 is 9.80 Å². The van der Waals surface area contributed by atoms with Crippen LogP contribution in [-0.2, 0) is 4.79 Å². The van der Waals surface area contributed by atoms with Gasteiger partial charge in [-0.25, -0.2) is 9.97 Å². The number of anilines is 1. The third-order valence-corrected chi connectivity index (χ3v) is 4.73. The summed E-state index contributed by atoms with van der Waals surface area (Å²) in [6.45, 7) is 8.90. The Kier molecular flexibility index (Phi) is 4.32. The van der Waals surface area contributed by atoms with E-state index in [9.17, 15) is 4.79 Å². The van der Waals surface area contributed by atoms with Crippen LogP contribution < -0.4 is 4.90 Å². The van der Waals surface area contributed by atoms with Gasteiger partial charge in [-0.3, -0.25) is 4.79 Å². The predicted molar refractivity (Wildman–Crippen MR) is 86.7 cm³/mol. The molecule has 3 rings (SSSR count). The summed E-state index contributed by atoms with van der Waals surface area (Å²) >= 11 is 0. The Balaban J connectivity index is 1.82. The van der Waals surface area contributed by atoms with Crippen molar-refractivity contribution in [3.8, 4) is 0 Å². The summed E-state index contributed by atoms with van der Waals surface area (Å²) in [5, 5.41) is 0. The maximum absolute atomic E-state index is 12.6. The quantitative estimate of drug-likeness (QED) is 0.856. The number of carbonyl (C=O) groups is 1. The van der Waals surface area contributed by atoms with E-state index in [2.05, 4.69) is 33.6 Å². The van der Waals surface area contributed by atoms with Crippen LogP contribution >= 0.6 is 0 Å². The van der Waals surface area contributed by atoms with Crippen LogP contribution in [0.1, 0.15) is 38.9 Å². The molecule has 0 spiro atoms. The molecule has 120 valence electrons. The molecule has 0 N–H and O–H groups in total. The minimum atomic E-state index is 0.269. The number of hydrogen-bond acceptors (Lipinski definition) is 4. The molecule has 2 fully saturated rings. The van der Waals surface area contributed by atoms with Gasteiger partial charge in [0, 0.05) is 32.3 Å². The summed E-state index contributed by atoms with van der Waals surface area (Å²) in [4.78, 5) is 25.7. The summed E-state index contributed by atoms with van der Waals surface area (Å²) in [5.74, 6) is 3.21. The van der Waals surface area contributed by atoms with Gasteiger partial charge in [0.2, 0.25) is 5.91 Å². The lowest BCUT2D eigenvalue weighted by molar-refractivity contribution is -0.133. The zero-order valence-corrected chi connectivity index (χ0v) is 13.8. The molecule has 1 saturated carbocycles. The standard InChI is InChI=1S/C17H26N4O/c1-12(2)15-11-20(16-6-8-18-13(3)19-16)9-7-17(22)21(15)10-14-4-5-14/h6,8,12,14-15H,4-5,7,9-11H2,1-3H3. The molecule has 5 heteroatoms. The van der Waals surface area contributed by atoms with Crippen molar-refractivity contribution >= 4 is 11.7 Å². The largest absolute Gasteiger partial charge is 0.354 e. The first-order valence-corrected chi connectivity index (χ1v) is 8.38. The number of hydrogen-bond donors (Lipinski definition) is 0. The lowest BCUT2D eigenvalue weighted by atomic mass is 10.0. The van der Waals surface area contributed by atoms with Crippen molar-refractivity contribution in [3.05, 3.63) is 18.1 Å². The fourth-order valence-electron chi connectivity index (χ4n) is 3.19. The molecule has 1 aromatic rings. The second kappa shape index (κ2) is 6.23. The average molecular weight is 302 g/mol. The van der Waals surface area contributed by atoms with Crippen molar-refractivity contribution in [3.63, 3.8) is 0 Å². The molecule has 5 nitrogen and oxygen atoms in total. The zero-order valence-electron chi connectivity index (χ0n) is 13.8. The van der Waals surface area contributed by atoms with E-state index in [1.807, 2.05) is 13.0 Å². The lowest BCUT2D eigenvalue weighted by Gasteiger charge is -2.35. The van der Waals surface area contributed by atoms with E-state index in [-0.39, 0.29) is 6.04 Å². The van der Waals surface area contributed by atoms with Crippen molar-refractivity contribution in [1.29, 1.82) is 0 Å². The maximum atomic E-state index is 12.6. The Hall–Kier alpha value is -1.65. The molecule has 2 aliphatic rings. The molecule has 0 radical (unpaired) electrons. The number of nitrogens with zero attached hydrogens (tertiary/aromatic N) is 4. The first-order valence-electron chi connectivity index (χ1n) is 8.38. The molecule has 22 heavy (non-hydrogen) atoms. The fourth-order valence-corrected chi connectivity index (χ4v) is 3.19. The van der Waals surface area contributed by atoms with E-state index in [0.717, 1.165) is 37.2 Å². The molecule has 1 unspecified atom stereocenters. The van der Waals surface area contributed by atoms with Crippen LogP contribution in [0, 0.1) is 18.8 Å². The van der Waals surface area contributed by atoms with E-state index in [0.29, 0.717) is 18.2 Å². The van der Waals surface area contributed by atoms with Crippen LogP contribution in [0.4, 0.5) is 5.82 Å². The lowest BCUT2D eigenvalue weighted by Crippen LogP contribution is -2.47. The number of amides is 1. The molecular formula is C17H26N4O. The normalized spacial score (nSPS) is 23.1. The van der Waals surface area contributed by atoms with Crippen LogP contribution in [-0.4, -0.2) is 46.5 Å². The monoisotopic (exact) mass is 302 g/mol. The highest BCUT2D eigenvalue weighted by Gasteiger charge is 2.35. The Morgan fingerprint density at radius 2 is 2.14 bits per heavy atom. The average Bonchev–Trinajstić information content (AvgIpc) is 3.29. The molecule has 1 amide bonds. The van der Waals surface area contributed by atoms with Crippen molar-refractivity contribution < 1.29 is 4.79 Å². The Morgan fingerprint density at radius 3 is 2.77 bits per heavy atom. The fraction of sp³-hybridized carbons (Fsp3) is 0.706. The van der Waals surface area contributed by atoms with Gasteiger partial charge in [0.25, 0.3) is 0 Å². The van der Waals surface area contributed by atoms with Crippen LogP contribution in [0.2, 0.25) is 0 Å². The first kappa shape index (κ1) is 15.3. The van der Waals surface area contributed by atoms with Crippen molar-refractivity contribution in [1.82, 2.24) is 14.9 Å². The molecule has 2 heterocycles. The van der Waals surface area contributed by atoms with Gasteiger partial charge in [0.05, 0.1) is 6.04 Å². The second-order valence-electron chi connectivity index (χ2n) is 6.96. The predicted octanol–water partition coefficient (Wildman–Crippen LogP) is 2.26. The Bertz CT molecular complexity index is 541. The highest BCUT2D eigenvalue weighted by atomic mass is 16.2. The molecule has 1 aromatic heterocycles. The highest BCUT2D eigenvalue weighted by Crippen LogP contribution is 2.32. The third kappa shape index (κ3) is 3.39. The molecule has 1 aliphatic carbocycles.